The van der Waals surface area contributed by atoms with Crippen LogP contribution in [-0.4, -0.2) is 33.3 Å². The molecule has 1 N–H and O–H groups in total. The third-order valence-corrected chi connectivity index (χ3v) is 4.03. The van der Waals surface area contributed by atoms with Crippen LogP contribution in [0.3, 0.4) is 0 Å². The number of hydrogen-bond acceptors (Lipinski definition) is 5. The lowest BCUT2D eigenvalue weighted by Gasteiger charge is -2.10. The highest BCUT2D eigenvalue weighted by molar-refractivity contribution is 6.01. The zero-order valence-corrected chi connectivity index (χ0v) is 16.4. The van der Waals surface area contributed by atoms with Crippen molar-refractivity contribution in [3.05, 3.63) is 59.2 Å². The molecular weight excluding hydrogens is 368 g/mol. The molecule has 0 saturated carbocycles. The topological polar surface area (TPSA) is 80.6 Å². The summed E-state index contributed by atoms with van der Waals surface area (Å²) in [6.07, 6.45) is 7.26. The van der Waals surface area contributed by atoms with E-state index in [1.54, 1.807) is 38.5 Å². The van der Waals surface area contributed by atoms with Crippen LogP contribution in [0.25, 0.3) is 6.08 Å². The molecule has 0 fully saturated rings. The molecule has 2 aromatic rings. The molecule has 0 aliphatic carbocycles. The van der Waals surface area contributed by atoms with E-state index in [0.717, 1.165) is 5.56 Å². The van der Waals surface area contributed by atoms with Crippen LogP contribution >= 0.6 is 0 Å². The molecule has 6 heteroatoms. The van der Waals surface area contributed by atoms with Gasteiger partial charge in [0.15, 0.2) is 11.5 Å². The lowest BCUT2D eigenvalue weighted by atomic mass is 10.1. The SMILES string of the molecule is C#CCOc1ccc(C=C(C#N)C(=O)NCCc2ccc(OC)c(OC)c2)cc1. The van der Waals surface area contributed by atoms with Crippen LogP contribution in [0.4, 0.5) is 0 Å². The minimum atomic E-state index is -0.430. The van der Waals surface area contributed by atoms with Gasteiger partial charge < -0.3 is 19.5 Å². The molecule has 0 atom stereocenters. The lowest BCUT2D eigenvalue weighted by Crippen LogP contribution is -2.26. The average Bonchev–Trinajstić information content (AvgIpc) is 2.76. The Morgan fingerprint density at radius 2 is 1.86 bits per heavy atom. The van der Waals surface area contributed by atoms with Gasteiger partial charge in [-0.1, -0.05) is 24.1 Å². The van der Waals surface area contributed by atoms with Crippen LogP contribution in [0.2, 0.25) is 0 Å². The second-order valence-electron chi connectivity index (χ2n) is 5.93. The molecule has 0 heterocycles. The molecule has 2 aromatic carbocycles. The summed E-state index contributed by atoms with van der Waals surface area (Å²) in [6, 6.07) is 14.5. The molecule has 0 aliphatic heterocycles. The summed E-state index contributed by atoms with van der Waals surface area (Å²) >= 11 is 0. The van der Waals surface area contributed by atoms with Crippen molar-refractivity contribution < 1.29 is 19.0 Å². The van der Waals surface area contributed by atoms with Crippen molar-refractivity contribution in [2.75, 3.05) is 27.4 Å². The first kappa shape index (κ1) is 21.4. The molecule has 0 aliphatic rings. The van der Waals surface area contributed by atoms with Gasteiger partial charge in [0.2, 0.25) is 0 Å². The molecule has 0 saturated heterocycles. The number of ether oxygens (including phenoxy) is 3. The van der Waals surface area contributed by atoms with Crippen molar-refractivity contribution in [2.24, 2.45) is 0 Å². The molecule has 29 heavy (non-hydrogen) atoms. The quantitative estimate of drug-likeness (QED) is 0.404. The highest BCUT2D eigenvalue weighted by atomic mass is 16.5. The summed E-state index contributed by atoms with van der Waals surface area (Å²) in [7, 11) is 3.15. The molecule has 0 radical (unpaired) electrons. The van der Waals surface area contributed by atoms with Gasteiger partial charge in [-0.05, 0) is 47.9 Å². The Kier molecular flexibility index (Phi) is 8.16. The largest absolute Gasteiger partial charge is 0.493 e. The second-order valence-corrected chi connectivity index (χ2v) is 5.93. The Morgan fingerprint density at radius 1 is 1.14 bits per heavy atom. The summed E-state index contributed by atoms with van der Waals surface area (Å²) in [5.74, 6) is 3.85. The number of nitrogens with one attached hydrogen (secondary N) is 1. The van der Waals surface area contributed by atoms with E-state index in [2.05, 4.69) is 11.2 Å². The monoisotopic (exact) mass is 390 g/mol. The van der Waals surface area contributed by atoms with Gasteiger partial charge in [0.05, 0.1) is 14.2 Å². The minimum Gasteiger partial charge on any atom is -0.493 e. The Balaban J connectivity index is 1.95. The fraction of sp³-hybridized carbons (Fsp3) is 0.217. The molecule has 0 aromatic heterocycles. The minimum absolute atomic E-state index is 0.0228. The zero-order chi connectivity index (χ0) is 21.1. The maximum Gasteiger partial charge on any atom is 0.261 e. The number of terminal acetylenes is 1. The fourth-order valence-corrected chi connectivity index (χ4v) is 2.55. The number of methoxy groups -OCH3 is 2. The number of carbonyl (C=O) groups excluding carboxylic acids is 1. The predicted octanol–water partition coefficient (Wildman–Crippen LogP) is 2.98. The van der Waals surface area contributed by atoms with Crippen LogP contribution in [0.1, 0.15) is 11.1 Å². The van der Waals surface area contributed by atoms with E-state index < -0.39 is 5.91 Å². The summed E-state index contributed by atoms with van der Waals surface area (Å²) in [5, 5.41) is 12.1. The maximum absolute atomic E-state index is 12.3. The molecule has 1 amide bonds. The third kappa shape index (κ3) is 6.34. The average molecular weight is 390 g/mol. The summed E-state index contributed by atoms with van der Waals surface area (Å²) in [6.45, 7) is 0.563. The predicted molar refractivity (Wildman–Crippen MR) is 111 cm³/mol. The Hall–Kier alpha value is -3.90. The van der Waals surface area contributed by atoms with Crippen molar-refractivity contribution in [3.63, 3.8) is 0 Å². The lowest BCUT2D eigenvalue weighted by molar-refractivity contribution is -0.117. The first-order valence-electron chi connectivity index (χ1n) is 8.88. The summed E-state index contributed by atoms with van der Waals surface area (Å²) in [4.78, 5) is 12.3. The standard InChI is InChI=1S/C23H22N2O4/c1-4-13-29-20-8-5-17(6-9-20)14-19(16-24)23(26)25-12-11-18-7-10-21(27-2)22(15-18)28-3/h1,5-10,14-15H,11-13H2,2-3H3,(H,25,26). The van der Waals surface area contributed by atoms with Crippen molar-refractivity contribution in [1.82, 2.24) is 5.32 Å². The summed E-state index contributed by atoms with van der Waals surface area (Å²) in [5.41, 5.74) is 1.72. The molecular formula is C23H22N2O4. The van der Waals surface area contributed by atoms with Crippen molar-refractivity contribution >= 4 is 12.0 Å². The van der Waals surface area contributed by atoms with Crippen LogP contribution < -0.4 is 19.5 Å². The number of nitrogens with zero attached hydrogens (tertiary/aromatic N) is 1. The van der Waals surface area contributed by atoms with Crippen LogP contribution in [0, 0.1) is 23.7 Å². The number of carbonyl (C=O) groups is 1. The fourth-order valence-electron chi connectivity index (χ4n) is 2.55. The smallest absolute Gasteiger partial charge is 0.261 e. The van der Waals surface area contributed by atoms with E-state index in [1.165, 1.54) is 6.08 Å². The first-order valence-corrected chi connectivity index (χ1v) is 8.88. The molecule has 0 unspecified atom stereocenters. The Bertz CT molecular complexity index is 950. The van der Waals surface area contributed by atoms with E-state index in [4.69, 9.17) is 20.6 Å². The van der Waals surface area contributed by atoms with Gasteiger partial charge in [-0.2, -0.15) is 5.26 Å². The highest BCUT2D eigenvalue weighted by Gasteiger charge is 2.09. The van der Waals surface area contributed by atoms with Crippen LogP contribution in [0.5, 0.6) is 17.2 Å². The molecule has 0 spiro atoms. The Labute approximate surface area is 170 Å². The third-order valence-electron chi connectivity index (χ3n) is 4.03. The highest BCUT2D eigenvalue weighted by Crippen LogP contribution is 2.27. The number of nitriles is 1. The number of hydrogen-bond donors (Lipinski definition) is 1. The van der Waals surface area contributed by atoms with Gasteiger partial charge in [-0.15, -0.1) is 6.42 Å². The van der Waals surface area contributed by atoms with Crippen molar-refractivity contribution in [3.8, 4) is 35.7 Å². The van der Waals surface area contributed by atoms with E-state index >= 15 is 0 Å². The van der Waals surface area contributed by atoms with E-state index in [1.807, 2.05) is 24.3 Å². The number of rotatable bonds is 9. The van der Waals surface area contributed by atoms with E-state index in [0.29, 0.717) is 35.8 Å². The second kappa shape index (κ2) is 11.1. The molecule has 148 valence electrons. The molecule has 0 bridgehead atoms. The van der Waals surface area contributed by atoms with Crippen LogP contribution in [-0.2, 0) is 11.2 Å². The van der Waals surface area contributed by atoms with Gasteiger partial charge in [-0.3, -0.25) is 4.79 Å². The summed E-state index contributed by atoms with van der Waals surface area (Å²) < 4.78 is 15.8. The first-order chi connectivity index (χ1) is 14.1. The Morgan fingerprint density at radius 3 is 2.48 bits per heavy atom. The zero-order valence-electron chi connectivity index (χ0n) is 16.4. The maximum atomic E-state index is 12.3. The van der Waals surface area contributed by atoms with Crippen LogP contribution in [0.15, 0.2) is 48.0 Å². The number of amides is 1. The van der Waals surface area contributed by atoms with Gasteiger partial charge in [0.1, 0.15) is 24.0 Å². The van der Waals surface area contributed by atoms with Gasteiger partial charge in [0.25, 0.3) is 5.91 Å². The van der Waals surface area contributed by atoms with Crippen molar-refractivity contribution in [1.29, 1.82) is 5.26 Å². The molecule has 6 nitrogen and oxygen atoms in total. The van der Waals surface area contributed by atoms with Gasteiger partial charge in [-0.25, -0.2) is 0 Å². The molecule has 2 rings (SSSR count). The normalized spacial score (nSPS) is 10.4. The van der Waals surface area contributed by atoms with Gasteiger partial charge in [0, 0.05) is 6.54 Å². The van der Waals surface area contributed by atoms with Crippen molar-refractivity contribution in [2.45, 2.75) is 6.42 Å². The van der Waals surface area contributed by atoms with E-state index in [9.17, 15) is 10.1 Å². The van der Waals surface area contributed by atoms with E-state index in [-0.39, 0.29) is 12.2 Å². The van der Waals surface area contributed by atoms with Gasteiger partial charge >= 0.3 is 0 Å². The number of benzene rings is 2.